The Bertz CT molecular complexity index is 1370. The van der Waals surface area contributed by atoms with Gasteiger partial charge in [0.15, 0.2) is 0 Å². The highest BCUT2D eigenvalue weighted by atomic mass is 16.1. The van der Waals surface area contributed by atoms with Crippen molar-refractivity contribution in [1.82, 2.24) is 19.7 Å². The third-order valence-corrected chi connectivity index (χ3v) is 6.35. The lowest BCUT2D eigenvalue weighted by molar-refractivity contribution is -0.116. The van der Waals surface area contributed by atoms with Crippen LogP contribution in [0.3, 0.4) is 0 Å². The molecule has 168 valence electrons. The Morgan fingerprint density at radius 2 is 2.00 bits per heavy atom. The van der Waals surface area contributed by atoms with Crippen molar-refractivity contribution < 1.29 is 4.79 Å². The molecule has 1 unspecified atom stereocenters. The van der Waals surface area contributed by atoms with Gasteiger partial charge < -0.3 is 10.3 Å². The maximum Gasteiger partial charge on any atom is 0.258 e. The van der Waals surface area contributed by atoms with Crippen LogP contribution >= 0.6 is 0 Å². The number of hydrogen-bond acceptors (Lipinski definition) is 4. The number of anilines is 1. The summed E-state index contributed by atoms with van der Waals surface area (Å²) in [6, 6.07) is 15.9. The lowest BCUT2D eigenvalue weighted by Crippen LogP contribution is -2.22. The average molecular weight is 442 g/mol. The summed E-state index contributed by atoms with van der Waals surface area (Å²) in [5.74, 6) is 1.30. The molecule has 0 bridgehead atoms. The van der Waals surface area contributed by atoms with Crippen LogP contribution in [0.15, 0.2) is 59.5 Å². The molecule has 1 aliphatic carbocycles. The van der Waals surface area contributed by atoms with Crippen molar-refractivity contribution in [3.63, 3.8) is 0 Å². The van der Waals surface area contributed by atoms with Crippen LogP contribution in [-0.4, -0.2) is 25.7 Å². The Balaban J connectivity index is 1.26. The second kappa shape index (κ2) is 9.02. The Morgan fingerprint density at radius 1 is 1.18 bits per heavy atom. The van der Waals surface area contributed by atoms with Gasteiger partial charge in [0.25, 0.3) is 5.56 Å². The number of hydrogen-bond donors (Lipinski definition) is 2. The van der Waals surface area contributed by atoms with Crippen molar-refractivity contribution in [1.29, 1.82) is 0 Å². The molecule has 2 N–H and O–H groups in total. The zero-order chi connectivity index (χ0) is 22.8. The predicted octanol–water partition coefficient (Wildman–Crippen LogP) is 4.32. The lowest BCUT2D eigenvalue weighted by Gasteiger charge is -2.27. The van der Waals surface area contributed by atoms with Crippen LogP contribution in [0.25, 0.3) is 10.9 Å². The molecule has 0 radical (unpaired) electrons. The molecule has 33 heavy (non-hydrogen) atoms. The number of rotatable bonds is 6. The molecule has 7 nitrogen and oxygen atoms in total. The largest absolute Gasteiger partial charge is 0.311 e. The van der Waals surface area contributed by atoms with Crippen molar-refractivity contribution in [2.24, 2.45) is 0 Å². The van der Waals surface area contributed by atoms with Crippen molar-refractivity contribution in [2.45, 2.75) is 51.5 Å². The normalized spacial score (nSPS) is 15.4. The van der Waals surface area contributed by atoms with E-state index < -0.39 is 0 Å². The second-order valence-corrected chi connectivity index (χ2v) is 8.66. The van der Waals surface area contributed by atoms with Gasteiger partial charge in [-0.2, -0.15) is 5.10 Å². The first-order valence-electron chi connectivity index (χ1n) is 11.5. The molecule has 7 heteroatoms. The molecule has 2 aromatic heterocycles. The first kappa shape index (κ1) is 21.1. The van der Waals surface area contributed by atoms with E-state index in [0.717, 1.165) is 30.6 Å². The number of fused-ring (bicyclic) bond motifs is 2. The average Bonchev–Trinajstić information content (AvgIpc) is 3.18. The number of aromatic nitrogens is 4. The number of carbonyl (C=O) groups excluding carboxylic acids is 1. The third-order valence-electron chi connectivity index (χ3n) is 6.35. The Hall–Kier alpha value is -3.74. The zero-order valence-electron chi connectivity index (χ0n) is 18.7. The van der Waals surface area contributed by atoms with Gasteiger partial charge in [0, 0.05) is 18.4 Å². The quantitative estimate of drug-likeness (QED) is 0.466. The molecular formula is C26H27N5O2. The van der Waals surface area contributed by atoms with Gasteiger partial charge in [-0.25, -0.2) is 9.67 Å². The van der Waals surface area contributed by atoms with E-state index in [1.807, 2.05) is 36.0 Å². The van der Waals surface area contributed by atoms with E-state index in [-0.39, 0.29) is 17.5 Å². The summed E-state index contributed by atoms with van der Waals surface area (Å²) in [7, 11) is 0. The fraction of sp³-hybridized carbons (Fsp3) is 0.308. The minimum Gasteiger partial charge on any atom is -0.311 e. The highest BCUT2D eigenvalue weighted by molar-refractivity contribution is 5.90. The molecule has 2 aromatic carbocycles. The van der Waals surface area contributed by atoms with Crippen LogP contribution < -0.4 is 10.9 Å². The maximum absolute atomic E-state index is 12.8. The van der Waals surface area contributed by atoms with Gasteiger partial charge in [-0.05, 0) is 55.9 Å². The Labute approximate surface area is 191 Å². The molecule has 0 saturated heterocycles. The van der Waals surface area contributed by atoms with Crippen LogP contribution in [0.2, 0.25) is 0 Å². The van der Waals surface area contributed by atoms with Gasteiger partial charge in [-0.15, -0.1) is 0 Å². The Kier molecular flexibility index (Phi) is 5.77. The maximum atomic E-state index is 12.8. The number of aromatic amines is 1. The molecule has 1 aliphatic rings. The van der Waals surface area contributed by atoms with E-state index in [1.165, 1.54) is 11.1 Å². The fourth-order valence-corrected chi connectivity index (χ4v) is 4.69. The van der Waals surface area contributed by atoms with Gasteiger partial charge in [0.05, 0.1) is 23.1 Å². The number of benzene rings is 2. The number of para-hydroxylation sites is 1. The topological polar surface area (TPSA) is 92.7 Å². The number of H-pyrrole nitrogens is 1. The zero-order valence-corrected chi connectivity index (χ0v) is 18.7. The summed E-state index contributed by atoms with van der Waals surface area (Å²) in [6.07, 6.45) is 6.46. The summed E-state index contributed by atoms with van der Waals surface area (Å²) >= 11 is 0. The van der Waals surface area contributed by atoms with E-state index in [9.17, 15) is 9.59 Å². The molecule has 1 atom stereocenters. The molecular weight excluding hydrogens is 414 g/mol. The molecule has 4 aromatic rings. The summed E-state index contributed by atoms with van der Waals surface area (Å²) < 4.78 is 1.97. The van der Waals surface area contributed by atoms with Gasteiger partial charge in [0.1, 0.15) is 11.6 Å². The van der Waals surface area contributed by atoms with E-state index >= 15 is 0 Å². The molecule has 2 heterocycles. The van der Waals surface area contributed by atoms with Crippen molar-refractivity contribution in [3.8, 4) is 0 Å². The van der Waals surface area contributed by atoms with E-state index in [4.69, 9.17) is 0 Å². The number of nitrogens with one attached hydrogen (secondary N) is 2. The second-order valence-electron chi connectivity index (χ2n) is 8.66. The molecule has 0 spiro atoms. The van der Waals surface area contributed by atoms with E-state index in [0.29, 0.717) is 36.0 Å². The van der Waals surface area contributed by atoms with Gasteiger partial charge in [-0.1, -0.05) is 36.4 Å². The van der Waals surface area contributed by atoms with Gasteiger partial charge >= 0.3 is 0 Å². The van der Waals surface area contributed by atoms with Crippen LogP contribution in [0, 0.1) is 6.92 Å². The molecule has 0 aliphatic heterocycles. The molecule has 0 saturated carbocycles. The van der Waals surface area contributed by atoms with E-state index in [1.54, 1.807) is 6.07 Å². The first-order chi connectivity index (χ1) is 16.1. The highest BCUT2D eigenvalue weighted by Gasteiger charge is 2.25. The first-order valence-corrected chi connectivity index (χ1v) is 11.5. The van der Waals surface area contributed by atoms with Crippen LogP contribution in [0.4, 0.5) is 5.82 Å². The summed E-state index contributed by atoms with van der Waals surface area (Å²) in [5.41, 5.74) is 4.12. The summed E-state index contributed by atoms with van der Waals surface area (Å²) in [6.45, 7) is 1.97. The summed E-state index contributed by atoms with van der Waals surface area (Å²) in [4.78, 5) is 32.4. The molecule has 1 amide bonds. The fourth-order valence-electron chi connectivity index (χ4n) is 4.69. The minimum atomic E-state index is -0.146. The third kappa shape index (κ3) is 4.31. The number of aryl methyl sites for hydroxylation is 3. The minimum absolute atomic E-state index is 0.0629. The van der Waals surface area contributed by atoms with Crippen molar-refractivity contribution >= 4 is 22.6 Å². The van der Waals surface area contributed by atoms with Crippen molar-refractivity contribution in [3.05, 3.63) is 87.6 Å². The van der Waals surface area contributed by atoms with E-state index in [2.05, 4.69) is 44.6 Å². The SMILES string of the molecule is Cc1cnn(C2CCCc3ccccc32)c1NC(=O)CCCc1nc2ccccc2c(=O)[nH]1. The lowest BCUT2D eigenvalue weighted by atomic mass is 9.88. The Morgan fingerprint density at radius 3 is 2.91 bits per heavy atom. The smallest absolute Gasteiger partial charge is 0.258 e. The number of carbonyl (C=O) groups is 1. The molecule has 0 fully saturated rings. The van der Waals surface area contributed by atoms with Crippen molar-refractivity contribution in [2.75, 3.05) is 5.32 Å². The molecule has 5 rings (SSSR count). The highest BCUT2D eigenvalue weighted by Crippen LogP contribution is 2.35. The van der Waals surface area contributed by atoms with Crippen LogP contribution in [0.1, 0.15) is 54.2 Å². The monoisotopic (exact) mass is 441 g/mol. The number of nitrogens with zero attached hydrogens (tertiary/aromatic N) is 3. The standard InChI is InChI=1S/C26H27N5O2/c1-17-16-27-31(22-13-6-9-18-8-2-3-10-19(18)22)25(17)30-24(32)15-7-14-23-28-21-12-5-4-11-20(21)26(33)29-23/h2-5,8,10-12,16,22H,6-7,9,13-15H2,1H3,(H,30,32)(H,28,29,33). The number of amides is 1. The summed E-state index contributed by atoms with van der Waals surface area (Å²) in [5, 5.41) is 8.27. The van der Waals surface area contributed by atoms with Gasteiger partial charge in [0.2, 0.25) is 5.91 Å². The van der Waals surface area contributed by atoms with Crippen LogP contribution in [0.5, 0.6) is 0 Å². The van der Waals surface area contributed by atoms with Gasteiger partial charge in [-0.3, -0.25) is 9.59 Å². The van der Waals surface area contributed by atoms with Crippen LogP contribution in [-0.2, 0) is 17.6 Å². The predicted molar refractivity (Wildman–Crippen MR) is 128 cm³/mol.